The first-order valence-corrected chi connectivity index (χ1v) is 11.0. The number of ether oxygens (including phenoxy) is 3. The van der Waals surface area contributed by atoms with E-state index in [-0.39, 0.29) is 35.4 Å². The lowest BCUT2D eigenvalue weighted by molar-refractivity contribution is -0.134. The van der Waals surface area contributed by atoms with Gasteiger partial charge in [-0.15, -0.1) is 0 Å². The maximum Gasteiger partial charge on any atom is 0.339 e. The summed E-state index contributed by atoms with van der Waals surface area (Å²) in [6.45, 7) is 0.365. The van der Waals surface area contributed by atoms with Crippen LogP contribution in [0.25, 0.3) is 0 Å². The number of halogens is 1. The summed E-state index contributed by atoms with van der Waals surface area (Å²) in [4.78, 5) is 26.4. The minimum atomic E-state index is -1.19. The van der Waals surface area contributed by atoms with Crippen molar-refractivity contribution in [2.24, 2.45) is 0 Å². The van der Waals surface area contributed by atoms with Gasteiger partial charge in [-0.05, 0) is 36.2 Å². The summed E-state index contributed by atoms with van der Waals surface area (Å²) >= 11 is 5.90. The summed E-state index contributed by atoms with van der Waals surface area (Å²) < 4.78 is 16.5. The van der Waals surface area contributed by atoms with Crippen molar-refractivity contribution >= 4 is 23.5 Å². The van der Waals surface area contributed by atoms with E-state index in [9.17, 15) is 14.7 Å². The zero-order valence-corrected chi connectivity index (χ0v) is 19.7. The lowest BCUT2D eigenvalue weighted by Gasteiger charge is -2.24. The van der Waals surface area contributed by atoms with Crippen LogP contribution in [0.5, 0.6) is 17.2 Å². The van der Waals surface area contributed by atoms with E-state index in [0.29, 0.717) is 24.5 Å². The number of carboxylic acids is 1. The van der Waals surface area contributed by atoms with Crippen molar-refractivity contribution in [3.63, 3.8) is 0 Å². The molecule has 1 amide bonds. The van der Waals surface area contributed by atoms with Gasteiger partial charge in [0, 0.05) is 23.7 Å². The predicted molar refractivity (Wildman–Crippen MR) is 129 cm³/mol. The fourth-order valence-electron chi connectivity index (χ4n) is 3.51. The van der Waals surface area contributed by atoms with Crippen LogP contribution in [0.4, 0.5) is 0 Å². The standard InChI is InChI=1S/C26H26ClNO6/c1-32-23-10-6-9-19(25(23)33-2)16-28(14-13-18-7-4-3-5-8-18)24(29)17-34-22-12-11-20(27)15-21(22)26(30)31/h3-12,15H,13-14,16-17H2,1-2H3,(H,30,31). The highest BCUT2D eigenvalue weighted by Crippen LogP contribution is 2.31. The van der Waals surface area contributed by atoms with Crippen molar-refractivity contribution in [2.75, 3.05) is 27.4 Å². The van der Waals surface area contributed by atoms with E-state index in [1.54, 1.807) is 25.2 Å². The Balaban J connectivity index is 1.80. The molecule has 7 nitrogen and oxygen atoms in total. The Labute approximate surface area is 203 Å². The van der Waals surface area contributed by atoms with Crippen molar-refractivity contribution < 1.29 is 28.9 Å². The number of carbonyl (C=O) groups excluding carboxylic acids is 1. The van der Waals surface area contributed by atoms with Crippen molar-refractivity contribution in [1.82, 2.24) is 4.90 Å². The van der Waals surface area contributed by atoms with Gasteiger partial charge in [0.2, 0.25) is 0 Å². The van der Waals surface area contributed by atoms with Gasteiger partial charge >= 0.3 is 5.97 Å². The molecule has 0 saturated heterocycles. The molecule has 0 bridgehead atoms. The molecule has 0 aliphatic heterocycles. The summed E-state index contributed by atoms with van der Waals surface area (Å²) in [5, 5.41) is 9.69. The molecule has 0 unspecified atom stereocenters. The molecule has 0 aliphatic carbocycles. The zero-order chi connectivity index (χ0) is 24.5. The highest BCUT2D eigenvalue weighted by Gasteiger charge is 2.20. The molecule has 0 atom stereocenters. The summed E-state index contributed by atoms with van der Waals surface area (Å²) in [5.74, 6) is -0.292. The molecular formula is C26H26ClNO6. The number of amides is 1. The van der Waals surface area contributed by atoms with Gasteiger partial charge in [-0.1, -0.05) is 54.1 Å². The quantitative estimate of drug-likeness (QED) is 0.425. The molecule has 0 saturated carbocycles. The number of hydrogen-bond donors (Lipinski definition) is 1. The molecule has 3 aromatic rings. The van der Waals surface area contributed by atoms with Gasteiger partial charge < -0.3 is 24.2 Å². The van der Waals surface area contributed by atoms with E-state index in [1.807, 2.05) is 42.5 Å². The molecule has 0 spiro atoms. The van der Waals surface area contributed by atoms with E-state index >= 15 is 0 Å². The number of nitrogens with zero attached hydrogens (tertiary/aromatic N) is 1. The summed E-state index contributed by atoms with van der Waals surface area (Å²) in [6, 6.07) is 19.6. The largest absolute Gasteiger partial charge is 0.493 e. The van der Waals surface area contributed by atoms with Crippen LogP contribution in [0.2, 0.25) is 5.02 Å². The Morgan fingerprint density at radius 3 is 2.38 bits per heavy atom. The monoisotopic (exact) mass is 483 g/mol. The third-order valence-electron chi connectivity index (χ3n) is 5.23. The Bertz CT molecular complexity index is 1140. The number of rotatable bonds is 11. The SMILES string of the molecule is COc1cccc(CN(CCc2ccccc2)C(=O)COc2ccc(Cl)cc2C(=O)O)c1OC. The van der Waals surface area contributed by atoms with E-state index in [0.717, 1.165) is 11.1 Å². The number of carboxylic acid groups (broad SMARTS) is 1. The predicted octanol–water partition coefficient (Wildman–Crippen LogP) is 4.71. The van der Waals surface area contributed by atoms with E-state index in [1.165, 1.54) is 18.2 Å². The topological polar surface area (TPSA) is 85.3 Å². The van der Waals surface area contributed by atoms with Crippen molar-refractivity contribution in [3.8, 4) is 17.2 Å². The molecule has 0 heterocycles. The number of aromatic carboxylic acids is 1. The second-order valence-corrected chi connectivity index (χ2v) is 7.87. The van der Waals surface area contributed by atoms with Crippen LogP contribution in [-0.4, -0.2) is 49.3 Å². The molecular weight excluding hydrogens is 458 g/mol. The molecule has 34 heavy (non-hydrogen) atoms. The summed E-state index contributed by atoms with van der Waals surface area (Å²) in [5.41, 5.74) is 1.76. The van der Waals surface area contributed by atoms with Gasteiger partial charge in [-0.2, -0.15) is 0 Å². The first kappa shape index (κ1) is 24.9. The lowest BCUT2D eigenvalue weighted by Crippen LogP contribution is -2.36. The zero-order valence-electron chi connectivity index (χ0n) is 19.0. The second-order valence-electron chi connectivity index (χ2n) is 7.44. The Morgan fingerprint density at radius 1 is 0.941 bits per heavy atom. The second kappa shape index (κ2) is 12.0. The number of carbonyl (C=O) groups is 2. The molecule has 8 heteroatoms. The number of hydrogen-bond acceptors (Lipinski definition) is 5. The summed E-state index contributed by atoms with van der Waals surface area (Å²) in [6.07, 6.45) is 0.639. The number of methoxy groups -OCH3 is 2. The van der Waals surface area contributed by atoms with Crippen molar-refractivity contribution in [3.05, 3.63) is 88.4 Å². The summed E-state index contributed by atoms with van der Waals surface area (Å²) in [7, 11) is 3.11. The normalized spacial score (nSPS) is 10.4. The van der Waals surface area contributed by atoms with E-state index in [4.69, 9.17) is 25.8 Å². The molecule has 1 N–H and O–H groups in total. The van der Waals surface area contributed by atoms with Crippen molar-refractivity contribution in [2.45, 2.75) is 13.0 Å². The Morgan fingerprint density at radius 2 is 1.71 bits per heavy atom. The fraction of sp³-hybridized carbons (Fsp3) is 0.231. The third kappa shape index (κ3) is 6.42. The van der Waals surface area contributed by atoms with Gasteiger partial charge in [0.25, 0.3) is 5.91 Å². The Kier molecular flexibility index (Phi) is 8.76. The molecule has 0 aliphatic rings. The molecule has 0 radical (unpaired) electrons. The number of benzene rings is 3. The fourth-order valence-corrected chi connectivity index (χ4v) is 3.68. The van der Waals surface area contributed by atoms with Gasteiger partial charge in [-0.3, -0.25) is 4.79 Å². The van der Waals surface area contributed by atoms with Crippen LogP contribution in [-0.2, 0) is 17.8 Å². The molecule has 178 valence electrons. The lowest BCUT2D eigenvalue weighted by atomic mass is 10.1. The van der Waals surface area contributed by atoms with Crippen LogP contribution in [0.3, 0.4) is 0 Å². The van der Waals surface area contributed by atoms with Crippen LogP contribution >= 0.6 is 11.6 Å². The average molecular weight is 484 g/mol. The van der Waals surface area contributed by atoms with E-state index < -0.39 is 5.97 Å². The van der Waals surface area contributed by atoms with Gasteiger partial charge in [-0.25, -0.2) is 4.79 Å². The number of para-hydroxylation sites is 1. The highest BCUT2D eigenvalue weighted by molar-refractivity contribution is 6.31. The first-order valence-electron chi connectivity index (χ1n) is 10.6. The van der Waals surface area contributed by atoms with Gasteiger partial charge in [0.15, 0.2) is 18.1 Å². The van der Waals surface area contributed by atoms with Crippen molar-refractivity contribution in [1.29, 1.82) is 0 Å². The maximum atomic E-state index is 13.2. The molecule has 3 rings (SSSR count). The van der Waals surface area contributed by atoms with Crippen LogP contribution in [0.1, 0.15) is 21.5 Å². The molecule has 0 aromatic heterocycles. The smallest absolute Gasteiger partial charge is 0.339 e. The van der Waals surface area contributed by atoms with Crippen LogP contribution in [0.15, 0.2) is 66.7 Å². The third-order valence-corrected chi connectivity index (χ3v) is 5.47. The minimum absolute atomic E-state index is 0.0761. The Hall–Kier alpha value is -3.71. The van der Waals surface area contributed by atoms with Crippen LogP contribution in [0, 0.1) is 0 Å². The van der Waals surface area contributed by atoms with Crippen LogP contribution < -0.4 is 14.2 Å². The maximum absolute atomic E-state index is 13.2. The highest BCUT2D eigenvalue weighted by atomic mass is 35.5. The van der Waals surface area contributed by atoms with Gasteiger partial charge in [0.05, 0.1) is 14.2 Å². The van der Waals surface area contributed by atoms with Gasteiger partial charge in [0.1, 0.15) is 11.3 Å². The van der Waals surface area contributed by atoms with E-state index in [2.05, 4.69) is 0 Å². The molecule has 0 fully saturated rings. The average Bonchev–Trinajstić information content (AvgIpc) is 2.85. The minimum Gasteiger partial charge on any atom is -0.493 e. The first-order chi connectivity index (χ1) is 16.4. The molecule has 3 aromatic carbocycles.